The van der Waals surface area contributed by atoms with E-state index in [1.807, 2.05) is 18.3 Å². The number of benzene rings is 2. The molecule has 3 aromatic rings. The zero-order chi connectivity index (χ0) is 18.1. The molecule has 1 aliphatic heterocycles. The number of hydrogen-bond acceptors (Lipinski definition) is 3. The van der Waals surface area contributed by atoms with Gasteiger partial charge in [-0.2, -0.15) is 0 Å². The van der Waals surface area contributed by atoms with Crippen LogP contribution in [0.2, 0.25) is 0 Å². The zero-order valence-corrected chi connectivity index (χ0v) is 14.9. The molecular weight excluding hydrogens is 353 g/mol. The fourth-order valence-electron chi connectivity index (χ4n) is 3.44. The molecule has 0 aliphatic carbocycles. The average Bonchev–Trinajstić information content (AvgIpc) is 3.26. The van der Waals surface area contributed by atoms with Crippen molar-refractivity contribution >= 4 is 26.6 Å². The van der Waals surface area contributed by atoms with E-state index in [1.54, 1.807) is 6.07 Å². The molecule has 136 valence electrons. The Kier molecular flexibility index (Phi) is 4.42. The van der Waals surface area contributed by atoms with Gasteiger partial charge in [0.15, 0.2) is 0 Å². The van der Waals surface area contributed by atoms with E-state index in [9.17, 15) is 12.8 Å². The molecule has 5 nitrogen and oxygen atoms in total. The second-order valence-electron chi connectivity index (χ2n) is 6.63. The number of aromatic nitrogens is 1. The van der Waals surface area contributed by atoms with Gasteiger partial charge in [-0.25, -0.2) is 12.8 Å². The van der Waals surface area contributed by atoms with Gasteiger partial charge in [0, 0.05) is 28.8 Å². The Balaban J connectivity index is 1.61. The van der Waals surface area contributed by atoms with E-state index in [0.29, 0.717) is 11.7 Å². The lowest BCUT2D eigenvalue weighted by atomic mass is 10.0. The number of hydrogen-bond donors (Lipinski definition) is 3. The minimum absolute atomic E-state index is 0.0310. The molecule has 1 atom stereocenters. The highest BCUT2D eigenvalue weighted by molar-refractivity contribution is 7.92. The van der Waals surface area contributed by atoms with Gasteiger partial charge >= 0.3 is 0 Å². The fourth-order valence-corrected chi connectivity index (χ4v) is 4.48. The monoisotopic (exact) mass is 373 g/mol. The summed E-state index contributed by atoms with van der Waals surface area (Å²) in [6.07, 6.45) is 5.25. The zero-order valence-electron chi connectivity index (χ0n) is 14.1. The van der Waals surface area contributed by atoms with Crippen LogP contribution in [0.5, 0.6) is 0 Å². The molecule has 1 fully saturated rings. The van der Waals surface area contributed by atoms with Crippen molar-refractivity contribution in [2.24, 2.45) is 0 Å². The van der Waals surface area contributed by atoms with Gasteiger partial charge in [0.05, 0.1) is 4.90 Å². The van der Waals surface area contributed by atoms with Crippen LogP contribution in [-0.2, 0) is 16.4 Å². The molecule has 1 aromatic heterocycles. The quantitative estimate of drug-likeness (QED) is 0.642. The highest BCUT2D eigenvalue weighted by Gasteiger charge is 2.18. The smallest absolute Gasteiger partial charge is 0.261 e. The molecule has 0 saturated carbocycles. The maximum absolute atomic E-state index is 13.0. The summed E-state index contributed by atoms with van der Waals surface area (Å²) in [5, 5.41) is 4.49. The van der Waals surface area contributed by atoms with Crippen LogP contribution in [0.3, 0.4) is 0 Å². The highest BCUT2D eigenvalue weighted by atomic mass is 32.2. The Morgan fingerprint density at radius 3 is 2.69 bits per heavy atom. The van der Waals surface area contributed by atoms with Gasteiger partial charge in [-0.3, -0.25) is 4.72 Å². The van der Waals surface area contributed by atoms with Crippen molar-refractivity contribution in [2.45, 2.75) is 30.2 Å². The van der Waals surface area contributed by atoms with Crippen molar-refractivity contribution in [3.63, 3.8) is 0 Å². The van der Waals surface area contributed by atoms with E-state index in [4.69, 9.17) is 0 Å². The summed E-state index contributed by atoms with van der Waals surface area (Å²) in [5.41, 5.74) is 2.63. The van der Waals surface area contributed by atoms with Gasteiger partial charge in [0.1, 0.15) is 5.82 Å². The van der Waals surface area contributed by atoms with E-state index in [2.05, 4.69) is 15.0 Å². The molecule has 7 heteroatoms. The summed E-state index contributed by atoms with van der Waals surface area (Å²) in [4.78, 5) is 3.27. The maximum atomic E-state index is 13.0. The van der Waals surface area contributed by atoms with E-state index in [1.165, 1.54) is 24.1 Å². The second kappa shape index (κ2) is 6.74. The lowest BCUT2D eigenvalue weighted by molar-refractivity contribution is 0.599. The van der Waals surface area contributed by atoms with Gasteiger partial charge < -0.3 is 10.3 Å². The molecule has 0 amide bonds. The number of H-pyrrole nitrogens is 1. The number of fused-ring (bicyclic) bond motifs is 1. The number of aromatic amines is 1. The van der Waals surface area contributed by atoms with Crippen LogP contribution in [0, 0.1) is 5.82 Å². The molecule has 2 heterocycles. The minimum Gasteiger partial charge on any atom is -0.361 e. The van der Waals surface area contributed by atoms with E-state index >= 15 is 0 Å². The average molecular weight is 373 g/mol. The lowest BCUT2D eigenvalue weighted by Gasteiger charge is -2.10. The van der Waals surface area contributed by atoms with Gasteiger partial charge in [-0.15, -0.1) is 0 Å². The van der Waals surface area contributed by atoms with Crippen LogP contribution < -0.4 is 10.0 Å². The van der Waals surface area contributed by atoms with E-state index in [-0.39, 0.29) is 4.90 Å². The van der Waals surface area contributed by atoms with Crippen molar-refractivity contribution in [3.05, 3.63) is 60.0 Å². The van der Waals surface area contributed by atoms with Crippen LogP contribution in [0.15, 0.2) is 53.6 Å². The van der Waals surface area contributed by atoms with Gasteiger partial charge in [0.2, 0.25) is 0 Å². The Morgan fingerprint density at radius 2 is 1.96 bits per heavy atom. The first-order valence-electron chi connectivity index (χ1n) is 8.63. The molecule has 0 bridgehead atoms. The highest BCUT2D eigenvalue weighted by Crippen LogP contribution is 2.26. The Bertz CT molecular complexity index is 1020. The summed E-state index contributed by atoms with van der Waals surface area (Å²) in [6.45, 7) is 1.05. The third kappa shape index (κ3) is 3.45. The molecule has 3 N–H and O–H groups in total. The van der Waals surface area contributed by atoms with Gasteiger partial charge in [-0.05, 0) is 73.8 Å². The summed E-state index contributed by atoms with van der Waals surface area (Å²) < 4.78 is 40.6. The first kappa shape index (κ1) is 17.1. The van der Waals surface area contributed by atoms with Crippen LogP contribution >= 0.6 is 0 Å². The first-order valence-corrected chi connectivity index (χ1v) is 10.1. The Morgan fingerprint density at radius 1 is 1.15 bits per heavy atom. The molecule has 0 unspecified atom stereocenters. The largest absolute Gasteiger partial charge is 0.361 e. The van der Waals surface area contributed by atoms with Crippen molar-refractivity contribution in [2.75, 3.05) is 11.3 Å². The van der Waals surface area contributed by atoms with Gasteiger partial charge in [0.25, 0.3) is 10.0 Å². The third-order valence-electron chi connectivity index (χ3n) is 4.77. The van der Waals surface area contributed by atoms with Crippen molar-refractivity contribution < 1.29 is 12.8 Å². The molecule has 1 saturated heterocycles. The summed E-state index contributed by atoms with van der Waals surface area (Å²) in [5.74, 6) is -0.470. The standard InChI is InChI=1S/C19H20FN3O2S/c20-14-3-6-17(7-4-14)26(24,25)23-16-5-8-19-18(11-16)13(12-22-19)10-15-2-1-9-21-15/h3-8,11-12,15,21-23H,1-2,9-10H2/t15-/m0/s1. The number of anilines is 1. The van der Waals surface area contributed by atoms with Crippen LogP contribution in [0.1, 0.15) is 18.4 Å². The number of nitrogens with one attached hydrogen (secondary N) is 3. The second-order valence-corrected chi connectivity index (χ2v) is 8.31. The Labute approximate surface area is 151 Å². The third-order valence-corrected chi connectivity index (χ3v) is 6.17. The van der Waals surface area contributed by atoms with Crippen LogP contribution in [-0.4, -0.2) is 26.0 Å². The first-order chi connectivity index (χ1) is 12.5. The number of sulfonamides is 1. The van der Waals surface area contributed by atoms with E-state index in [0.717, 1.165) is 42.4 Å². The molecule has 0 radical (unpaired) electrons. The maximum Gasteiger partial charge on any atom is 0.261 e. The topological polar surface area (TPSA) is 74.0 Å². The Hall–Kier alpha value is -2.38. The van der Waals surface area contributed by atoms with Crippen LogP contribution in [0.4, 0.5) is 10.1 Å². The van der Waals surface area contributed by atoms with Crippen molar-refractivity contribution in [1.29, 1.82) is 0 Å². The molecule has 4 rings (SSSR count). The van der Waals surface area contributed by atoms with Crippen LogP contribution in [0.25, 0.3) is 10.9 Å². The van der Waals surface area contributed by atoms with Crippen molar-refractivity contribution in [3.8, 4) is 0 Å². The summed E-state index contributed by atoms with van der Waals surface area (Å²) in [6, 6.07) is 10.7. The molecule has 1 aliphatic rings. The predicted molar refractivity (Wildman–Crippen MR) is 100 cm³/mol. The minimum atomic E-state index is -3.76. The normalized spacial score (nSPS) is 17.7. The number of rotatable bonds is 5. The molecule has 26 heavy (non-hydrogen) atoms. The fraction of sp³-hybridized carbons (Fsp3) is 0.263. The summed E-state index contributed by atoms with van der Waals surface area (Å²) in [7, 11) is -3.76. The predicted octanol–water partition coefficient (Wildman–Crippen LogP) is 3.40. The molecular formula is C19H20FN3O2S. The summed E-state index contributed by atoms with van der Waals surface area (Å²) >= 11 is 0. The molecule has 0 spiro atoms. The van der Waals surface area contributed by atoms with Gasteiger partial charge in [-0.1, -0.05) is 0 Å². The van der Waals surface area contributed by atoms with Crippen molar-refractivity contribution in [1.82, 2.24) is 10.3 Å². The molecule has 2 aromatic carbocycles. The SMILES string of the molecule is O=S(=O)(Nc1ccc2[nH]cc(C[C@@H]3CCCN3)c2c1)c1ccc(F)cc1. The number of halogens is 1. The van der Waals surface area contributed by atoms with E-state index < -0.39 is 15.8 Å². The lowest BCUT2D eigenvalue weighted by Crippen LogP contribution is -2.23.